The first-order valence-electron chi connectivity index (χ1n) is 6.77. The van der Waals surface area contributed by atoms with E-state index in [1.165, 1.54) is 0 Å². The number of rotatable bonds is 6. The minimum atomic E-state index is -0.403. The average molecular weight is 293 g/mol. The van der Waals surface area contributed by atoms with E-state index in [-0.39, 0.29) is 11.7 Å². The van der Waals surface area contributed by atoms with Crippen LogP contribution in [0.25, 0.3) is 0 Å². The van der Waals surface area contributed by atoms with Crippen molar-refractivity contribution in [1.82, 2.24) is 24.5 Å². The van der Waals surface area contributed by atoms with Gasteiger partial charge in [-0.25, -0.2) is 4.68 Å². The summed E-state index contributed by atoms with van der Waals surface area (Å²) in [6.45, 7) is 6.14. The van der Waals surface area contributed by atoms with Gasteiger partial charge in [0.1, 0.15) is 12.0 Å². The Hall–Kier alpha value is -2.45. The predicted octanol–water partition coefficient (Wildman–Crippen LogP) is 1.81. The molecule has 0 fully saturated rings. The smallest absolute Gasteiger partial charge is 0.333 e. The lowest BCUT2D eigenvalue weighted by atomic mass is 10.3. The first kappa shape index (κ1) is 14.9. The summed E-state index contributed by atoms with van der Waals surface area (Å²) in [7, 11) is 1.83. The summed E-state index contributed by atoms with van der Waals surface area (Å²) in [5.74, 6) is 1.11. The van der Waals surface area contributed by atoms with Crippen LogP contribution in [-0.4, -0.2) is 29.5 Å². The maximum Gasteiger partial charge on any atom is 0.333 e. The highest BCUT2D eigenvalue weighted by molar-refractivity contribution is 5.60. The van der Waals surface area contributed by atoms with E-state index in [0.29, 0.717) is 23.9 Å². The van der Waals surface area contributed by atoms with Gasteiger partial charge < -0.3 is 9.88 Å². The molecular formula is C12H19N7O2. The maximum atomic E-state index is 11.3. The molecule has 0 aliphatic rings. The van der Waals surface area contributed by atoms with Crippen LogP contribution in [0.15, 0.2) is 6.33 Å². The minimum Gasteiger partial charge on any atom is -0.355 e. The highest BCUT2D eigenvalue weighted by Crippen LogP contribution is 2.31. The fourth-order valence-electron chi connectivity index (χ4n) is 2.26. The van der Waals surface area contributed by atoms with Gasteiger partial charge in [-0.15, -0.1) is 10.2 Å². The van der Waals surface area contributed by atoms with Gasteiger partial charge >= 0.3 is 5.69 Å². The average Bonchev–Trinajstić information content (AvgIpc) is 2.94. The van der Waals surface area contributed by atoms with Crippen molar-refractivity contribution >= 4 is 11.5 Å². The molecule has 2 aromatic rings. The largest absolute Gasteiger partial charge is 0.355 e. The van der Waals surface area contributed by atoms with Crippen LogP contribution in [0.1, 0.15) is 37.8 Å². The van der Waals surface area contributed by atoms with E-state index in [9.17, 15) is 10.1 Å². The monoisotopic (exact) mass is 293 g/mol. The van der Waals surface area contributed by atoms with Crippen molar-refractivity contribution in [2.24, 2.45) is 7.05 Å². The van der Waals surface area contributed by atoms with E-state index >= 15 is 0 Å². The number of anilines is 1. The van der Waals surface area contributed by atoms with Crippen LogP contribution in [0.5, 0.6) is 0 Å². The lowest BCUT2D eigenvalue weighted by Crippen LogP contribution is -2.16. The van der Waals surface area contributed by atoms with Crippen LogP contribution in [0.4, 0.5) is 11.5 Å². The van der Waals surface area contributed by atoms with Gasteiger partial charge in [0.25, 0.3) is 0 Å². The van der Waals surface area contributed by atoms with Crippen LogP contribution >= 0.6 is 0 Å². The number of hydrogen-bond acceptors (Lipinski definition) is 6. The predicted molar refractivity (Wildman–Crippen MR) is 77.0 cm³/mol. The van der Waals surface area contributed by atoms with Crippen LogP contribution < -0.4 is 5.32 Å². The van der Waals surface area contributed by atoms with E-state index in [1.54, 1.807) is 22.5 Å². The second kappa shape index (κ2) is 5.90. The molecule has 2 heterocycles. The van der Waals surface area contributed by atoms with Gasteiger partial charge in [0.2, 0.25) is 5.82 Å². The molecule has 0 radical (unpaired) electrons. The number of nitro groups is 1. The van der Waals surface area contributed by atoms with Crippen molar-refractivity contribution in [2.75, 3.05) is 5.32 Å². The molecule has 114 valence electrons. The number of aromatic nitrogens is 5. The Morgan fingerprint density at radius 2 is 2.24 bits per heavy atom. The van der Waals surface area contributed by atoms with Crippen molar-refractivity contribution in [3.8, 4) is 0 Å². The zero-order valence-corrected chi connectivity index (χ0v) is 12.6. The third-order valence-corrected chi connectivity index (χ3v) is 3.20. The van der Waals surface area contributed by atoms with Crippen LogP contribution in [-0.2, 0) is 13.6 Å². The summed E-state index contributed by atoms with van der Waals surface area (Å²) in [5, 5.41) is 26.5. The Balaban J connectivity index is 2.37. The van der Waals surface area contributed by atoms with Crippen molar-refractivity contribution in [3.63, 3.8) is 0 Å². The summed E-state index contributed by atoms with van der Waals surface area (Å²) in [4.78, 5) is 10.9. The van der Waals surface area contributed by atoms with Gasteiger partial charge in [-0.2, -0.15) is 5.10 Å². The Labute approximate surface area is 122 Å². The summed E-state index contributed by atoms with van der Waals surface area (Å²) in [6, 6.07) is -0.220. The van der Waals surface area contributed by atoms with Crippen molar-refractivity contribution in [1.29, 1.82) is 0 Å². The highest BCUT2D eigenvalue weighted by atomic mass is 16.6. The van der Waals surface area contributed by atoms with Crippen molar-refractivity contribution < 1.29 is 4.92 Å². The Morgan fingerprint density at radius 3 is 2.76 bits per heavy atom. The first-order chi connectivity index (χ1) is 9.95. The Kier molecular flexibility index (Phi) is 4.20. The molecule has 2 rings (SSSR count). The van der Waals surface area contributed by atoms with E-state index in [2.05, 4.69) is 20.6 Å². The molecule has 1 atom stereocenters. The molecule has 1 N–H and O–H groups in total. The Bertz CT molecular complexity index is 646. The van der Waals surface area contributed by atoms with E-state index in [1.807, 2.05) is 20.9 Å². The van der Waals surface area contributed by atoms with Gasteiger partial charge in [0.05, 0.1) is 11.0 Å². The van der Waals surface area contributed by atoms with Crippen molar-refractivity contribution in [3.05, 3.63) is 28.0 Å². The normalized spacial score (nSPS) is 12.4. The van der Waals surface area contributed by atoms with Crippen LogP contribution in [0.3, 0.4) is 0 Å². The molecular weight excluding hydrogens is 274 g/mol. The summed E-state index contributed by atoms with van der Waals surface area (Å²) >= 11 is 0. The standard InChI is InChI=1S/C12H19N7O2/c1-5-6-18-12(10(19(20)21)8(2)16-18)14-9(3)11-15-13-7-17(11)4/h7,9,14H,5-6H2,1-4H3. The quantitative estimate of drug-likeness (QED) is 0.643. The maximum absolute atomic E-state index is 11.3. The lowest BCUT2D eigenvalue weighted by molar-refractivity contribution is -0.384. The fourth-order valence-corrected chi connectivity index (χ4v) is 2.26. The molecule has 9 heteroatoms. The topological polar surface area (TPSA) is 104 Å². The third-order valence-electron chi connectivity index (χ3n) is 3.20. The number of aryl methyl sites for hydroxylation is 3. The molecule has 9 nitrogen and oxygen atoms in total. The van der Waals surface area contributed by atoms with Gasteiger partial charge in [0.15, 0.2) is 5.82 Å². The van der Waals surface area contributed by atoms with Gasteiger partial charge in [-0.05, 0) is 20.3 Å². The molecule has 0 saturated heterocycles. The second-order valence-corrected chi connectivity index (χ2v) is 4.93. The van der Waals surface area contributed by atoms with Gasteiger partial charge in [0, 0.05) is 13.6 Å². The summed E-state index contributed by atoms with van der Waals surface area (Å²) in [5.41, 5.74) is 0.415. The van der Waals surface area contributed by atoms with E-state index < -0.39 is 4.92 Å². The third kappa shape index (κ3) is 2.86. The molecule has 1 unspecified atom stereocenters. The number of nitrogens with one attached hydrogen (secondary N) is 1. The molecule has 21 heavy (non-hydrogen) atoms. The van der Waals surface area contributed by atoms with Crippen LogP contribution in [0, 0.1) is 17.0 Å². The molecule has 0 spiro atoms. The molecule has 0 aliphatic heterocycles. The van der Waals surface area contributed by atoms with Crippen LogP contribution in [0.2, 0.25) is 0 Å². The second-order valence-electron chi connectivity index (χ2n) is 4.93. The van der Waals surface area contributed by atoms with Gasteiger partial charge in [-0.3, -0.25) is 10.1 Å². The van der Waals surface area contributed by atoms with Gasteiger partial charge in [-0.1, -0.05) is 6.92 Å². The Morgan fingerprint density at radius 1 is 1.52 bits per heavy atom. The molecule has 2 aromatic heterocycles. The van der Waals surface area contributed by atoms with Crippen molar-refractivity contribution in [2.45, 2.75) is 39.8 Å². The number of hydrogen-bond donors (Lipinski definition) is 1. The zero-order chi connectivity index (χ0) is 15.6. The molecule has 0 amide bonds. The molecule has 0 aromatic carbocycles. The fraction of sp³-hybridized carbons (Fsp3) is 0.583. The van der Waals surface area contributed by atoms with E-state index in [0.717, 1.165) is 6.42 Å². The summed E-state index contributed by atoms with van der Waals surface area (Å²) in [6.07, 6.45) is 2.43. The van der Waals surface area contributed by atoms with E-state index in [4.69, 9.17) is 0 Å². The molecule has 0 saturated carbocycles. The number of nitrogens with zero attached hydrogens (tertiary/aromatic N) is 6. The highest BCUT2D eigenvalue weighted by Gasteiger charge is 2.27. The first-order valence-corrected chi connectivity index (χ1v) is 6.77. The zero-order valence-electron chi connectivity index (χ0n) is 12.6. The summed E-state index contributed by atoms with van der Waals surface area (Å²) < 4.78 is 3.41. The SMILES string of the molecule is CCCn1nc(C)c([N+](=O)[O-])c1NC(C)c1nncn1C. The molecule has 0 aliphatic carbocycles. The minimum absolute atomic E-state index is 0.0115. The lowest BCUT2D eigenvalue weighted by Gasteiger charge is -2.14. The molecule has 0 bridgehead atoms.